The Morgan fingerprint density at radius 2 is 2.39 bits per heavy atom. The molecule has 1 saturated heterocycles. The molecule has 1 fully saturated rings. The van der Waals surface area contributed by atoms with E-state index in [1.807, 2.05) is 0 Å². The van der Waals surface area contributed by atoms with Gasteiger partial charge in [0.15, 0.2) is 0 Å². The molecule has 1 aliphatic carbocycles. The maximum atomic E-state index is 12.0. The van der Waals surface area contributed by atoms with Crippen molar-refractivity contribution >= 4 is 5.91 Å². The lowest BCUT2D eigenvalue weighted by atomic mass is 9.92. The highest BCUT2D eigenvalue weighted by Crippen LogP contribution is 2.20. The molecule has 0 spiro atoms. The van der Waals surface area contributed by atoms with Crippen molar-refractivity contribution in [1.82, 2.24) is 10.6 Å². The molecule has 2 rings (SSSR count). The van der Waals surface area contributed by atoms with E-state index in [0.29, 0.717) is 6.04 Å². The molecule has 0 aromatic carbocycles. The van der Waals surface area contributed by atoms with Crippen LogP contribution in [0.25, 0.3) is 0 Å². The van der Waals surface area contributed by atoms with Gasteiger partial charge in [0, 0.05) is 18.5 Å². The van der Waals surface area contributed by atoms with Crippen molar-refractivity contribution in [2.75, 3.05) is 13.1 Å². The summed E-state index contributed by atoms with van der Waals surface area (Å²) in [5.41, 5.74) is 1.54. The van der Waals surface area contributed by atoms with E-state index in [-0.39, 0.29) is 11.8 Å². The predicted molar refractivity (Wildman–Crippen MR) is 74.4 cm³/mol. The summed E-state index contributed by atoms with van der Waals surface area (Å²) in [4.78, 5) is 12.0. The van der Waals surface area contributed by atoms with Crippen LogP contribution in [0.15, 0.2) is 11.6 Å². The molecular weight excluding hydrogens is 224 g/mol. The molecule has 18 heavy (non-hydrogen) atoms. The van der Waals surface area contributed by atoms with Crippen LogP contribution in [0.4, 0.5) is 0 Å². The fraction of sp³-hybridized carbons (Fsp3) is 0.800. The molecular formula is C15H26N2O. The van der Waals surface area contributed by atoms with Gasteiger partial charge in [-0.3, -0.25) is 4.79 Å². The van der Waals surface area contributed by atoms with Crippen LogP contribution in [-0.2, 0) is 4.79 Å². The first kappa shape index (κ1) is 13.6. The lowest BCUT2D eigenvalue weighted by molar-refractivity contribution is -0.126. The minimum absolute atomic E-state index is 0.224. The standard InChI is InChI=1S/C15H26N2O/c1-12-11-14(8-10-16-12)15(18)17-9-7-13-5-3-2-4-6-13/h5,12,14,16H,2-4,6-11H2,1H3,(H,17,18). The number of amides is 1. The molecule has 0 aromatic rings. The van der Waals surface area contributed by atoms with Gasteiger partial charge < -0.3 is 10.6 Å². The maximum Gasteiger partial charge on any atom is 0.223 e. The third-order valence-corrected chi connectivity index (χ3v) is 4.12. The van der Waals surface area contributed by atoms with Gasteiger partial charge in [0.05, 0.1) is 0 Å². The summed E-state index contributed by atoms with van der Waals surface area (Å²) < 4.78 is 0. The number of rotatable bonds is 4. The van der Waals surface area contributed by atoms with Gasteiger partial charge in [-0.2, -0.15) is 0 Å². The Labute approximate surface area is 110 Å². The SMILES string of the molecule is CC1CC(C(=O)NCCC2=CCCCC2)CCN1. The molecule has 2 N–H and O–H groups in total. The highest BCUT2D eigenvalue weighted by atomic mass is 16.1. The summed E-state index contributed by atoms with van der Waals surface area (Å²) in [6.07, 6.45) is 10.5. The predicted octanol–water partition coefficient (Wildman–Crippen LogP) is 2.38. The lowest BCUT2D eigenvalue weighted by Gasteiger charge is -2.27. The van der Waals surface area contributed by atoms with Gasteiger partial charge in [-0.15, -0.1) is 0 Å². The number of carbonyl (C=O) groups excluding carboxylic acids is 1. The number of nitrogens with one attached hydrogen (secondary N) is 2. The Bertz CT molecular complexity index is 312. The molecule has 3 heteroatoms. The zero-order valence-electron chi connectivity index (χ0n) is 11.5. The summed E-state index contributed by atoms with van der Waals surface area (Å²) in [6, 6.07) is 0.482. The zero-order chi connectivity index (χ0) is 12.8. The van der Waals surface area contributed by atoms with E-state index in [2.05, 4.69) is 23.6 Å². The average molecular weight is 250 g/mol. The largest absolute Gasteiger partial charge is 0.356 e. The van der Waals surface area contributed by atoms with E-state index in [1.165, 1.54) is 25.7 Å². The van der Waals surface area contributed by atoms with Crippen LogP contribution in [0, 0.1) is 5.92 Å². The van der Waals surface area contributed by atoms with Gasteiger partial charge in [-0.05, 0) is 58.4 Å². The second-order valence-corrected chi connectivity index (χ2v) is 5.73. The number of hydrogen-bond acceptors (Lipinski definition) is 2. The van der Waals surface area contributed by atoms with E-state index in [1.54, 1.807) is 5.57 Å². The monoisotopic (exact) mass is 250 g/mol. The molecule has 0 aromatic heterocycles. The third-order valence-electron chi connectivity index (χ3n) is 4.12. The van der Waals surface area contributed by atoms with Gasteiger partial charge in [-0.1, -0.05) is 11.6 Å². The molecule has 1 amide bonds. The minimum Gasteiger partial charge on any atom is -0.356 e. The molecule has 0 radical (unpaired) electrons. The van der Waals surface area contributed by atoms with Gasteiger partial charge in [0.25, 0.3) is 0 Å². The van der Waals surface area contributed by atoms with Gasteiger partial charge in [0.1, 0.15) is 0 Å². The van der Waals surface area contributed by atoms with Crippen molar-refractivity contribution in [3.8, 4) is 0 Å². The topological polar surface area (TPSA) is 41.1 Å². The summed E-state index contributed by atoms with van der Waals surface area (Å²) in [6.45, 7) is 3.96. The maximum absolute atomic E-state index is 12.0. The minimum atomic E-state index is 0.224. The first-order valence-corrected chi connectivity index (χ1v) is 7.44. The molecule has 2 atom stereocenters. The third kappa shape index (κ3) is 4.13. The molecule has 3 nitrogen and oxygen atoms in total. The summed E-state index contributed by atoms with van der Waals surface area (Å²) in [7, 11) is 0. The van der Waals surface area contributed by atoms with Crippen molar-refractivity contribution < 1.29 is 4.79 Å². The van der Waals surface area contributed by atoms with E-state index >= 15 is 0 Å². The van der Waals surface area contributed by atoms with E-state index in [0.717, 1.165) is 32.4 Å². The second kappa shape index (κ2) is 6.93. The van der Waals surface area contributed by atoms with Gasteiger partial charge in [0.2, 0.25) is 5.91 Å². The number of piperidine rings is 1. The fourth-order valence-corrected chi connectivity index (χ4v) is 2.99. The highest BCUT2D eigenvalue weighted by molar-refractivity contribution is 5.78. The fourth-order valence-electron chi connectivity index (χ4n) is 2.99. The van der Waals surface area contributed by atoms with Crippen molar-refractivity contribution in [2.24, 2.45) is 5.92 Å². The average Bonchev–Trinajstić information content (AvgIpc) is 2.40. The van der Waals surface area contributed by atoms with E-state index in [4.69, 9.17) is 0 Å². The van der Waals surface area contributed by atoms with Gasteiger partial charge in [-0.25, -0.2) is 0 Å². The Morgan fingerprint density at radius 3 is 3.11 bits per heavy atom. The van der Waals surface area contributed by atoms with Crippen molar-refractivity contribution in [3.63, 3.8) is 0 Å². The smallest absolute Gasteiger partial charge is 0.223 e. The van der Waals surface area contributed by atoms with E-state index in [9.17, 15) is 4.79 Å². The Morgan fingerprint density at radius 1 is 1.50 bits per heavy atom. The molecule has 2 aliphatic rings. The molecule has 1 aliphatic heterocycles. The molecule has 1 heterocycles. The van der Waals surface area contributed by atoms with Gasteiger partial charge >= 0.3 is 0 Å². The van der Waals surface area contributed by atoms with Crippen LogP contribution >= 0.6 is 0 Å². The van der Waals surface area contributed by atoms with Crippen LogP contribution in [0.3, 0.4) is 0 Å². The second-order valence-electron chi connectivity index (χ2n) is 5.73. The van der Waals surface area contributed by atoms with Crippen molar-refractivity contribution in [1.29, 1.82) is 0 Å². The first-order chi connectivity index (χ1) is 8.75. The zero-order valence-corrected chi connectivity index (χ0v) is 11.5. The normalized spacial score (nSPS) is 28.6. The molecule has 0 saturated carbocycles. The summed E-state index contributed by atoms with van der Waals surface area (Å²) >= 11 is 0. The van der Waals surface area contributed by atoms with Crippen LogP contribution in [0.1, 0.15) is 51.9 Å². The lowest BCUT2D eigenvalue weighted by Crippen LogP contribution is -2.42. The Balaban J connectivity index is 1.66. The summed E-state index contributed by atoms with van der Waals surface area (Å²) in [5, 5.41) is 6.50. The number of hydrogen-bond donors (Lipinski definition) is 2. The highest BCUT2D eigenvalue weighted by Gasteiger charge is 2.24. The quantitative estimate of drug-likeness (QED) is 0.752. The number of allylic oxidation sites excluding steroid dienone is 1. The van der Waals surface area contributed by atoms with Crippen LogP contribution in [0.5, 0.6) is 0 Å². The van der Waals surface area contributed by atoms with E-state index < -0.39 is 0 Å². The van der Waals surface area contributed by atoms with Crippen LogP contribution in [0.2, 0.25) is 0 Å². The summed E-state index contributed by atoms with van der Waals surface area (Å²) in [5.74, 6) is 0.487. The molecule has 2 unspecified atom stereocenters. The Kier molecular flexibility index (Phi) is 5.24. The van der Waals surface area contributed by atoms with Crippen molar-refractivity contribution in [3.05, 3.63) is 11.6 Å². The number of carbonyl (C=O) groups is 1. The van der Waals surface area contributed by atoms with Crippen LogP contribution in [-0.4, -0.2) is 25.0 Å². The van der Waals surface area contributed by atoms with Crippen molar-refractivity contribution in [2.45, 2.75) is 57.9 Å². The Hall–Kier alpha value is -0.830. The molecule has 102 valence electrons. The first-order valence-electron chi connectivity index (χ1n) is 7.44. The van der Waals surface area contributed by atoms with Crippen LogP contribution < -0.4 is 10.6 Å². The molecule has 0 bridgehead atoms.